The summed E-state index contributed by atoms with van der Waals surface area (Å²) >= 11 is 1.77. The van der Waals surface area contributed by atoms with Crippen LogP contribution in [0.3, 0.4) is 0 Å². The first-order valence-electron chi connectivity index (χ1n) is 10.4. The first-order valence-corrected chi connectivity index (χ1v) is 11.2. The highest BCUT2D eigenvalue weighted by atomic mass is 32.1. The topological polar surface area (TPSA) is 65.5 Å². The summed E-state index contributed by atoms with van der Waals surface area (Å²) in [5, 5.41) is 4.19. The first-order chi connectivity index (χ1) is 13.6. The van der Waals surface area contributed by atoms with E-state index in [1.165, 1.54) is 14.6 Å². The molecule has 1 aliphatic carbocycles. The molecular weight excluding hydrogens is 372 g/mol. The van der Waals surface area contributed by atoms with Gasteiger partial charge < -0.3 is 5.32 Å². The molecule has 7 heteroatoms. The van der Waals surface area contributed by atoms with Gasteiger partial charge in [-0.25, -0.2) is 14.7 Å². The summed E-state index contributed by atoms with van der Waals surface area (Å²) in [6.45, 7) is 2.17. The van der Waals surface area contributed by atoms with E-state index < -0.39 is 5.54 Å². The molecule has 1 saturated carbocycles. The number of aromatic nitrogens is 1. The molecule has 2 aliphatic heterocycles. The van der Waals surface area contributed by atoms with Crippen molar-refractivity contribution in [3.63, 3.8) is 0 Å². The van der Waals surface area contributed by atoms with Gasteiger partial charge in [-0.15, -0.1) is 11.3 Å². The maximum absolute atomic E-state index is 13.0. The van der Waals surface area contributed by atoms with Crippen LogP contribution in [0.25, 0.3) is 10.2 Å². The highest BCUT2D eigenvalue weighted by Crippen LogP contribution is 2.35. The van der Waals surface area contributed by atoms with E-state index in [2.05, 4.69) is 28.4 Å². The van der Waals surface area contributed by atoms with Gasteiger partial charge in [0.05, 0.1) is 21.9 Å². The van der Waals surface area contributed by atoms with Crippen LogP contribution in [0, 0.1) is 0 Å². The summed E-state index contributed by atoms with van der Waals surface area (Å²) in [6.07, 6.45) is 6.92. The lowest BCUT2D eigenvalue weighted by molar-refractivity contribution is -0.134. The highest BCUT2D eigenvalue weighted by molar-refractivity contribution is 7.18. The number of imide groups is 1. The van der Waals surface area contributed by atoms with Crippen molar-refractivity contribution in [2.24, 2.45) is 0 Å². The third-order valence-corrected chi connectivity index (χ3v) is 7.66. The average Bonchev–Trinajstić information content (AvgIpc) is 3.24. The van der Waals surface area contributed by atoms with Gasteiger partial charge >= 0.3 is 6.03 Å². The molecule has 0 radical (unpaired) electrons. The third kappa shape index (κ3) is 3.10. The summed E-state index contributed by atoms with van der Waals surface area (Å²) in [4.78, 5) is 34.1. The van der Waals surface area contributed by atoms with Gasteiger partial charge in [0.2, 0.25) is 0 Å². The number of piperidine rings is 1. The Labute approximate surface area is 168 Å². The van der Waals surface area contributed by atoms with Gasteiger partial charge in [0.1, 0.15) is 5.54 Å². The number of rotatable bonds is 3. The minimum atomic E-state index is -0.627. The van der Waals surface area contributed by atoms with Crippen LogP contribution in [0.4, 0.5) is 4.79 Å². The summed E-state index contributed by atoms with van der Waals surface area (Å²) in [6, 6.07) is 8.04. The van der Waals surface area contributed by atoms with Crippen molar-refractivity contribution in [3.05, 3.63) is 29.3 Å². The van der Waals surface area contributed by atoms with Crippen molar-refractivity contribution in [1.29, 1.82) is 0 Å². The molecule has 1 atom stereocenters. The number of carbonyl (C=O) groups is 2. The zero-order valence-corrected chi connectivity index (χ0v) is 16.8. The number of hydrogen-bond acceptors (Lipinski definition) is 5. The third-order valence-electron chi connectivity index (χ3n) is 6.46. The van der Waals surface area contributed by atoms with E-state index in [1.54, 1.807) is 11.3 Å². The standard InChI is InChI=1S/C21H26N4O2S/c26-19-21(10-4-1-5-11-21)23-20(27)25(19)14-24-12-6-7-15(13-24)18-22-16-8-2-3-9-17(16)28-18/h2-3,8-9,15H,1,4-7,10-14H2,(H,23,27)/t15-/m0/s1. The fourth-order valence-corrected chi connectivity index (χ4v) is 6.04. The van der Waals surface area contributed by atoms with Crippen LogP contribution in [0.15, 0.2) is 24.3 Å². The van der Waals surface area contributed by atoms with Crippen molar-refractivity contribution in [2.45, 2.75) is 56.4 Å². The second-order valence-electron chi connectivity index (χ2n) is 8.38. The fourth-order valence-electron chi connectivity index (χ4n) is 4.95. The SMILES string of the molecule is O=C1NC2(CCCCC2)C(=O)N1CN1CCC[C@H](c2nc3ccccc3s2)C1. The number of amides is 3. The fraction of sp³-hybridized carbons (Fsp3) is 0.571. The highest BCUT2D eigenvalue weighted by Gasteiger charge is 2.51. The largest absolute Gasteiger partial charge is 0.326 e. The number of para-hydroxylation sites is 1. The van der Waals surface area contributed by atoms with E-state index in [9.17, 15) is 9.59 Å². The molecule has 0 unspecified atom stereocenters. The minimum Gasteiger partial charge on any atom is -0.323 e. The Hall–Kier alpha value is -1.99. The van der Waals surface area contributed by atoms with Gasteiger partial charge in [-0.1, -0.05) is 31.4 Å². The lowest BCUT2D eigenvalue weighted by atomic mass is 9.82. The zero-order valence-electron chi connectivity index (χ0n) is 16.0. The number of carbonyl (C=O) groups excluding carboxylic acids is 2. The van der Waals surface area contributed by atoms with Crippen LogP contribution in [0.1, 0.15) is 55.9 Å². The maximum atomic E-state index is 13.0. The van der Waals surface area contributed by atoms with Crippen molar-refractivity contribution < 1.29 is 9.59 Å². The Kier molecular flexibility index (Phi) is 4.59. The minimum absolute atomic E-state index is 0.0145. The lowest BCUT2D eigenvalue weighted by Crippen LogP contribution is -2.49. The van der Waals surface area contributed by atoms with E-state index in [0.717, 1.165) is 63.6 Å². The molecule has 148 valence electrons. The molecule has 2 aromatic rings. The van der Waals surface area contributed by atoms with Gasteiger partial charge in [0.15, 0.2) is 0 Å². The van der Waals surface area contributed by atoms with Gasteiger partial charge in [0.25, 0.3) is 5.91 Å². The molecule has 3 aliphatic rings. The monoisotopic (exact) mass is 398 g/mol. The molecule has 2 saturated heterocycles. The number of hydrogen-bond donors (Lipinski definition) is 1. The Bertz CT molecular complexity index is 872. The average molecular weight is 399 g/mol. The summed E-state index contributed by atoms with van der Waals surface area (Å²) in [5.41, 5.74) is 0.436. The summed E-state index contributed by atoms with van der Waals surface area (Å²) in [5.74, 6) is 0.356. The molecule has 28 heavy (non-hydrogen) atoms. The van der Waals surface area contributed by atoms with Gasteiger partial charge in [-0.3, -0.25) is 9.69 Å². The molecule has 3 amide bonds. The van der Waals surface area contributed by atoms with Crippen molar-refractivity contribution in [1.82, 2.24) is 20.1 Å². The van der Waals surface area contributed by atoms with Gasteiger partial charge in [-0.2, -0.15) is 0 Å². The first kappa shape index (κ1) is 18.1. The second kappa shape index (κ2) is 7.12. The number of benzene rings is 1. The Morgan fingerprint density at radius 1 is 1.14 bits per heavy atom. The molecule has 1 N–H and O–H groups in total. The Morgan fingerprint density at radius 2 is 1.96 bits per heavy atom. The van der Waals surface area contributed by atoms with Crippen LogP contribution in [-0.2, 0) is 4.79 Å². The zero-order chi connectivity index (χ0) is 19.1. The Balaban J connectivity index is 1.29. The number of likely N-dealkylation sites (tertiary alicyclic amines) is 1. The molecular formula is C21H26N4O2S. The predicted molar refractivity (Wildman–Crippen MR) is 109 cm³/mol. The number of fused-ring (bicyclic) bond motifs is 1. The predicted octanol–water partition coefficient (Wildman–Crippen LogP) is 3.69. The Morgan fingerprint density at radius 3 is 2.79 bits per heavy atom. The normalized spacial score (nSPS) is 25.6. The summed E-state index contributed by atoms with van der Waals surface area (Å²) in [7, 11) is 0. The van der Waals surface area contributed by atoms with Gasteiger partial charge in [-0.05, 0) is 44.4 Å². The molecule has 1 spiro atoms. The van der Waals surface area contributed by atoms with Crippen LogP contribution in [-0.4, -0.2) is 52.0 Å². The van der Waals surface area contributed by atoms with Crippen LogP contribution >= 0.6 is 11.3 Å². The van der Waals surface area contributed by atoms with Crippen LogP contribution in [0.5, 0.6) is 0 Å². The number of nitrogens with one attached hydrogen (secondary N) is 1. The van der Waals surface area contributed by atoms with E-state index >= 15 is 0 Å². The van der Waals surface area contributed by atoms with E-state index in [0.29, 0.717) is 12.6 Å². The smallest absolute Gasteiger partial charge is 0.323 e. The summed E-state index contributed by atoms with van der Waals surface area (Å²) < 4.78 is 1.22. The number of urea groups is 1. The molecule has 3 fully saturated rings. The second-order valence-corrected chi connectivity index (χ2v) is 9.45. The van der Waals surface area contributed by atoms with Crippen LogP contribution in [0.2, 0.25) is 0 Å². The lowest BCUT2D eigenvalue weighted by Gasteiger charge is -2.34. The maximum Gasteiger partial charge on any atom is 0.326 e. The van der Waals surface area contributed by atoms with Crippen LogP contribution < -0.4 is 5.32 Å². The van der Waals surface area contributed by atoms with Gasteiger partial charge in [0, 0.05) is 12.5 Å². The molecule has 1 aromatic carbocycles. The van der Waals surface area contributed by atoms with Crippen molar-refractivity contribution >= 4 is 33.5 Å². The molecule has 3 heterocycles. The molecule has 1 aromatic heterocycles. The van der Waals surface area contributed by atoms with Crippen molar-refractivity contribution in [2.75, 3.05) is 19.8 Å². The van der Waals surface area contributed by atoms with Crippen molar-refractivity contribution in [3.8, 4) is 0 Å². The molecule has 6 nitrogen and oxygen atoms in total. The van der Waals surface area contributed by atoms with E-state index in [4.69, 9.17) is 4.98 Å². The quantitative estimate of drug-likeness (QED) is 0.801. The number of thiazole rings is 1. The van der Waals surface area contributed by atoms with E-state index in [1.807, 2.05) is 6.07 Å². The molecule has 5 rings (SSSR count). The number of nitrogens with zero attached hydrogens (tertiary/aromatic N) is 3. The molecule has 0 bridgehead atoms. The van der Waals surface area contributed by atoms with E-state index in [-0.39, 0.29) is 11.9 Å².